The van der Waals surface area contributed by atoms with Crippen LogP contribution >= 0.6 is 73.3 Å². The summed E-state index contributed by atoms with van der Waals surface area (Å²) in [5, 5.41) is 50.8. The molecule has 0 saturated carbocycles. The first-order chi connectivity index (χ1) is 8.49. The summed E-state index contributed by atoms with van der Waals surface area (Å²) in [5.74, 6) is 0. The molecule has 0 aromatic rings. The molecule has 19 heavy (non-hydrogen) atoms. The van der Waals surface area contributed by atoms with Crippen LogP contribution < -0.4 is 0 Å². The SMILES string of the molecule is [Lu].[N-]=C=S.[N-]=C=S.[N-]=C=S.[N-]=C=S.[N-]=C=S.[N-]=C=S. The fraction of sp³-hybridized carbons (Fsp3) is 0. The molecule has 0 saturated heterocycles. The van der Waals surface area contributed by atoms with Crippen molar-refractivity contribution in [1.82, 2.24) is 0 Å². The Hall–Kier alpha value is 0.0338. The Morgan fingerprint density at radius 3 is 0.368 bits per heavy atom. The molecule has 0 aliphatic heterocycles. The van der Waals surface area contributed by atoms with E-state index in [1.54, 1.807) is 0 Å². The Kier molecular flexibility index (Phi) is 323. The third-order valence-electron chi connectivity index (χ3n) is 0. The number of thiocarbonyl (C=S) groups is 6. The molecule has 0 unspecified atom stereocenters. The first-order valence-corrected chi connectivity index (χ1v) is 5.02. The van der Waals surface area contributed by atoms with E-state index < -0.39 is 0 Å². The van der Waals surface area contributed by atoms with Gasteiger partial charge in [-0.3, -0.25) is 0 Å². The van der Waals surface area contributed by atoms with Gasteiger partial charge in [-0.2, -0.15) is 31.0 Å². The van der Waals surface area contributed by atoms with Crippen LogP contribution in [0.2, 0.25) is 0 Å². The molecule has 0 fully saturated rings. The molecule has 0 N–H and O–H groups in total. The van der Waals surface area contributed by atoms with Gasteiger partial charge in [0.05, 0.1) is 0 Å². The third-order valence-corrected chi connectivity index (χ3v) is 0. The zero-order valence-corrected chi connectivity index (χ0v) is 14.9. The Morgan fingerprint density at radius 2 is 0.368 bits per heavy atom. The summed E-state index contributed by atoms with van der Waals surface area (Å²) in [5.41, 5.74) is 0. The first kappa shape index (κ1) is 42.7. The van der Waals surface area contributed by atoms with Crippen molar-refractivity contribution >= 4 is 104 Å². The molecule has 0 aromatic heterocycles. The van der Waals surface area contributed by atoms with Crippen molar-refractivity contribution in [1.29, 1.82) is 0 Å². The van der Waals surface area contributed by atoms with E-state index in [0.717, 1.165) is 0 Å². The summed E-state index contributed by atoms with van der Waals surface area (Å²) in [7, 11) is 0. The molecular formula is C6LuN6S6-6. The Balaban J connectivity index is -0.0000000180. The van der Waals surface area contributed by atoms with E-state index >= 15 is 0 Å². The van der Waals surface area contributed by atoms with Crippen LogP contribution in [0.5, 0.6) is 0 Å². The standard InChI is InChI=1S/6CNS.Lu/c6*2-1-3;/q6*-1;. The van der Waals surface area contributed by atoms with Crippen LogP contribution in [0, 0.1) is 36.9 Å². The van der Waals surface area contributed by atoms with E-state index in [2.05, 4.69) is 73.3 Å². The summed E-state index contributed by atoms with van der Waals surface area (Å²) in [6, 6.07) is 0. The second-order valence-corrected chi connectivity index (χ2v) is 1.64. The second kappa shape index (κ2) is 144. The topological polar surface area (TPSA) is 134 Å². The summed E-state index contributed by atoms with van der Waals surface area (Å²) in [4.78, 5) is 0. The Labute approximate surface area is 171 Å². The van der Waals surface area contributed by atoms with Gasteiger partial charge in [-0.15, -0.1) is 0 Å². The van der Waals surface area contributed by atoms with Crippen molar-refractivity contribution in [3.05, 3.63) is 32.5 Å². The van der Waals surface area contributed by atoms with Gasteiger partial charge in [0.15, 0.2) is 0 Å². The number of hydrogen-bond acceptors (Lipinski definition) is 6. The molecule has 13 heteroatoms. The molecule has 0 bridgehead atoms. The van der Waals surface area contributed by atoms with Gasteiger partial charge in [0.1, 0.15) is 0 Å². The maximum atomic E-state index is 7.13. The van der Waals surface area contributed by atoms with Gasteiger partial charge >= 0.3 is 0 Å². The quantitative estimate of drug-likeness (QED) is 0.349. The number of nitrogens with zero attached hydrogens (tertiary/aromatic N) is 6. The number of rotatable bonds is 0. The molecular weight excluding hydrogens is 523 g/mol. The van der Waals surface area contributed by atoms with Crippen molar-refractivity contribution in [2.45, 2.75) is 0 Å². The van der Waals surface area contributed by atoms with E-state index in [0.29, 0.717) is 0 Å². The first-order valence-electron chi connectivity index (χ1n) is 2.57. The molecule has 1 radical (unpaired) electrons. The molecule has 0 aliphatic carbocycles. The van der Waals surface area contributed by atoms with Gasteiger partial charge in [-0.1, -0.05) is 73.3 Å². The second-order valence-electron chi connectivity index (χ2n) is 0.548. The number of hydrogen-bond donors (Lipinski definition) is 0. The van der Waals surface area contributed by atoms with Crippen LogP contribution in [0.1, 0.15) is 0 Å². The van der Waals surface area contributed by atoms with Gasteiger partial charge in [-0.25, -0.2) is 0 Å². The predicted octanol–water partition coefficient (Wildman–Crippen LogP) is 3.95. The normalized spacial score (nSPS) is 2.53. The van der Waals surface area contributed by atoms with Gasteiger partial charge in [0.25, 0.3) is 0 Å². The number of isothiocyanates is 6. The summed E-state index contributed by atoms with van der Waals surface area (Å²) >= 11 is 22.2. The molecule has 0 aromatic carbocycles. The molecule has 111 valence electrons. The van der Waals surface area contributed by atoms with Crippen molar-refractivity contribution in [3.63, 3.8) is 0 Å². The minimum absolute atomic E-state index is 0. The molecule has 6 nitrogen and oxygen atoms in total. The molecule has 0 aliphatic rings. The monoisotopic (exact) mass is 523 g/mol. The molecule has 0 rings (SSSR count). The Morgan fingerprint density at radius 1 is 0.368 bits per heavy atom. The van der Waals surface area contributed by atoms with Gasteiger partial charge in [0.2, 0.25) is 0 Å². The van der Waals surface area contributed by atoms with Crippen LogP contribution in [-0.2, 0) is 0 Å². The molecule has 0 spiro atoms. The van der Waals surface area contributed by atoms with E-state index in [1.807, 2.05) is 0 Å². The summed E-state index contributed by atoms with van der Waals surface area (Å²) < 4.78 is 0. The predicted molar refractivity (Wildman–Crippen MR) is 95.7 cm³/mol. The van der Waals surface area contributed by atoms with Gasteiger partial charge < -0.3 is 32.5 Å². The van der Waals surface area contributed by atoms with Crippen molar-refractivity contribution in [2.75, 3.05) is 0 Å². The fourth-order valence-electron chi connectivity index (χ4n) is 0. The van der Waals surface area contributed by atoms with E-state index in [4.69, 9.17) is 32.5 Å². The minimum atomic E-state index is 0. The van der Waals surface area contributed by atoms with Crippen LogP contribution in [0.3, 0.4) is 0 Å². The third kappa shape index (κ3) is 4070000. The van der Waals surface area contributed by atoms with Crippen LogP contribution in [-0.4, -0.2) is 31.0 Å². The average Bonchev–Trinajstić information content (AvgIpc) is 2.23. The molecule has 0 atom stereocenters. The zero-order valence-electron chi connectivity index (χ0n) is 8.39. The summed E-state index contributed by atoms with van der Waals surface area (Å²) in [6.07, 6.45) is 0. The van der Waals surface area contributed by atoms with E-state index in [-0.39, 0.29) is 36.9 Å². The van der Waals surface area contributed by atoms with Crippen molar-refractivity contribution in [2.24, 2.45) is 0 Å². The Bertz CT molecular complexity index is 253. The average molecular weight is 523 g/mol. The van der Waals surface area contributed by atoms with Gasteiger partial charge in [-0.05, 0) is 0 Å². The maximum Gasteiger partial charge on any atom is 0 e. The zero-order chi connectivity index (χ0) is 16.2. The van der Waals surface area contributed by atoms with Gasteiger partial charge in [0, 0.05) is 36.9 Å². The maximum absolute atomic E-state index is 7.13. The van der Waals surface area contributed by atoms with E-state index in [1.165, 1.54) is 31.0 Å². The van der Waals surface area contributed by atoms with E-state index in [9.17, 15) is 0 Å². The van der Waals surface area contributed by atoms with Crippen LogP contribution in [0.25, 0.3) is 32.5 Å². The smallest absolute Gasteiger partial charge is 0 e. The van der Waals surface area contributed by atoms with Crippen molar-refractivity contribution < 1.29 is 36.9 Å². The fourth-order valence-corrected chi connectivity index (χ4v) is 0. The minimum Gasteiger partial charge on any atom is -0.753 e. The van der Waals surface area contributed by atoms with Crippen molar-refractivity contribution in [3.8, 4) is 0 Å². The van der Waals surface area contributed by atoms with Crippen LogP contribution in [0.15, 0.2) is 0 Å². The summed E-state index contributed by atoms with van der Waals surface area (Å²) in [6.45, 7) is 0. The largest absolute Gasteiger partial charge is 0.753 e. The molecule has 0 heterocycles. The van der Waals surface area contributed by atoms with Crippen LogP contribution in [0.4, 0.5) is 0 Å². The molecule has 0 amide bonds.